The van der Waals surface area contributed by atoms with Crippen LogP contribution in [0.1, 0.15) is 50.3 Å². The van der Waals surface area contributed by atoms with Crippen LogP contribution in [0.4, 0.5) is 0 Å². The first kappa shape index (κ1) is 9.75. The normalized spacial score (nSPS) is 21.4. The first-order valence-corrected chi connectivity index (χ1v) is 5.65. The van der Waals surface area contributed by atoms with Crippen molar-refractivity contribution < 1.29 is 0 Å². The zero-order valence-electron chi connectivity index (χ0n) is 9.67. The van der Waals surface area contributed by atoms with Crippen molar-refractivity contribution in [3.63, 3.8) is 0 Å². The molecule has 0 saturated heterocycles. The van der Waals surface area contributed by atoms with Crippen LogP contribution >= 0.6 is 0 Å². The maximum atomic E-state index is 4.75. The highest BCUT2D eigenvalue weighted by molar-refractivity contribution is 5.20. The lowest BCUT2D eigenvalue weighted by atomic mass is 10.0. The first-order chi connectivity index (χ1) is 6.59. The molecule has 78 valence electrons. The Kier molecular flexibility index (Phi) is 2.38. The van der Waals surface area contributed by atoms with Crippen LogP contribution in [0.15, 0.2) is 0 Å². The molecule has 0 aromatic carbocycles. The minimum absolute atomic E-state index is 0.559. The molecule has 1 aliphatic heterocycles. The van der Waals surface area contributed by atoms with Crippen molar-refractivity contribution in [2.24, 2.45) is 5.92 Å². The van der Waals surface area contributed by atoms with Gasteiger partial charge in [0.25, 0.3) is 0 Å². The van der Waals surface area contributed by atoms with Crippen LogP contribution in [0.25, 0.3) is 0 Å². The summed E-state index contributed by atoms with van der Waals surface area (Å²) in [6.45, 7) is 10.2. The van der Waals surface area contributed by atoms with Crippen molar-refractivity contribution in [2.45, 2.75) is 53.0 Å². The van der Waals surface area contributed by atoms with Crippen molar-refractivity contribution >= 4 is 0 Å². The number of hydrogen-bond acceptors (Lipinski definition) is 1. The molecule has 0 fully saturated rings. The van der Waals surface area contributed by atoms with E-state index in [2.05, 4.69) is 32.3 Å². The average Bonchev–Trinajstić information content (AvgIpc) is 2.44. The molecule has 0 radical (unpaired) electrons. The second-order valence-electron chi connectivity index (χ2n) is 4.91. The third-order valence-electron chi connectivity index (χ3n) is 3.24. The van der Waals surface area contributed by atoms with E-state index in [0.717, 1.165) is 12.3 Å². The predicted molar refractivity (Wildman–Crippen MR) is 58.5 cm³/mol. The van der Waals surface area contributed by atoms with Gasteiger partial charge < -0.3 is 4.57 Å². The van der Waals surface area contributed by atoms with Gasteiger partial charge in [0, 0.05) is 18.7 Å². The topological polar surface area (TPSA) is 17.8 Å². The summed E-state index contributed by atoms with van der Waals surface area (Å²) in [5.74, 6) is 2.68. The molecule has 2 heteroatoms. The number of aromatic nitrogens is 2. The van der Waals surface area contributed by atoms with Gasteiger partial charge in [-0.3, -0.25) is 0 Å². The van der Waals surface area contributed by atoms with E-state index in [0.29, 0.717) is 5.92 Å². The smallest absolute Gasteiger partial charge is 0.109 e. The zero-order chi connectivity index (χ0) is 10.3. The number of rotatable bonds is 1. The van der Waals surface area contributed by atoms with Crippen LogP contribution in [0, 0.1) is 12.8 Å². The van der Waals surface area contributed by atoms with Gasteiger partial charge in [-0.1, -0.05) is 20.8 Å². The van der Waals surface area contributed by atoms with Gasteiger partial charge in [0.1, 0.15) is 5.82 Å². The van der Waals surface area contributed by atoms with E-state index in [1.807, 2.05) is 0 Å². The van der Waals surface area contributed by atoms with Crippen LogP contribution in [-0.2, 0) is 13.0 Å². The molecule has 0 N–H and O–H groups in total. The molecule has 0 spiro atoms. The van der Waals surface area contributed by atoms with Crippen LogP contribution in [0.3, 0.4) is 0 Å². The number of fused-ring (bicyclic) bond motifs is 1. The molecule has 14 heavy (non-hydrogen) atoms. The number of hydrogen-bond donors (Lipinski definition) is 0. The van der Waals surface area contributed by atoms with E-state index in [1.54, 1.807) is 0 Å². The second kappa shape index (κ2) is 3.41. The van der Waals surface area contributed by atoms with Crippen LogP contribution in [0.2, 0.25) is 0 Å². The van der Waals surface area contributed by atoms with E-state index in [9.17, 15) is 0 Å². The summed E-state index contributed by atoms with van der Waals surface area (Å²) in [4.78, 5) is 4.75. The minimum Gasteiger partial charge on any atom is -0.332 e. The Morgan fingerprint density at radius 2 is 2.14 bits per heavy atom. The molecular formula is C12H20N2. The SMILES string of the molecule is Cc1c(C(C)C)nc2n1CC(C)CC2. The summed E-state index contributed by atoms with van der Waals surface area (Å²) in [5.41, 5.74) is 2.69. The van der Waals surface area contributed by atoms with E-state index >= 15 is 0 Å². The third kappa shape index (κ3) is 1.47. The molecule has 1 aromatic rings. The number of imidazole rings is 1. The van der Waals surface area contributed by atoms with Gasteiger partial charge in [0.2, 0.25) is 0 Å². The molecule has 0 bridgehead atoms. The maximum Gasteiger partial charge on any atom is 0.109 e. The Hall–Kier alpha value is -0.790. The van der Waals surface area contributed by atoms with Crippen LogP contribution < -0.4 is 0 Å². The summed E-state index contributed by atoms with van der Waals surface area (Å²) in [6, 6.07) is 0. The second-order valence-corrected chi connectivity index (χ2v) is 4.91. The van der Waals surface area contributed by atoms with Crippen molar-refractivity contribution in [3.05, 3.63) is 17.2 Å². The van der Waals surface area contributed by atoms with Gasteiger partial charge in [-0.2, -0.15) is 0 Å². The van der Waals surface area contributed by atoms with E-state index in [-0.39, 0.29) is 0 Å². The Bertz CT molecular complexity index is 336. The Balaban J connectivity index is 2.41. The van der Waals surface area contributed by atoms with Crippen molar-refractivity contribution in [2.75, 3.05) is 0 Å². The quantitative estimate of drug-likeness (QED) is 0.669. The van der Waals surface area contributed by atoms with E-state index < -0.39 is 0 Å². The fourth-order valence-electron chi connectivity index (χ4n) is 2.37. The van der Waals surface area contributed by atoms with E-state index in [1.165, 1.54) is 30.2 Å². The molecule has 1 aromatic heterocycles. The molecule has 1 atom stereocenters. The standard InChI is InChI=1S/C12H20N2/c1-8(2)12-10(4)14-7-9(3)5-6-11(14)13-12/h8-9H,5-7H2,1-4H3. The maximum absolute atomic E-state index is 4.75. The predicted octanol–water partition coefficient (Wildman–Crippen LogP) is 2.90. The Morgan fingerprint density at radius 3 is 2.79 bits per heavy atom. The molecule has 2 nitrogen and oxygen atoms in total. The van der Waals surface area contributed by atoms with Gasteiger partial charge in [0.15, 0.2) is 0 Å². The number of aryl methyl sites for hydroxylation is 1. The highest BCUT2D eigenvalue weighted by Gasteiger charge is 2.21. The molecule has 2 heterocycles. The summed E-state index contributed by atoms with van der Waals surface area (Å²) in [5, 5.41) is 0. The monoisotopic (exact) mass is 192 g/mol. The lowest BCUT2D eigenvalue weighted by Gasteiger charge is -2.21. The van der Waals surface area contributed by atoms with Gasteiger partial charge in [-0.05, 0) is 25.2 Å². The van der Waals surface area contributed by atoms with Crippen molar-refractivity contribution in [1.29, 1.82) is 0 Å². The van der Waals surface area contributed by atoms with Gasteiger partial charge in [-0.25, -0.2) is 4.98 Å². The third-order valence-corrected chi connectivity index (χ3v) is 3.24. The first-order valence-electron chi connectivity index (χ1n) is 5.65. The average molecular weight is 192 g/mol. The lowest BCUT2D eigenvalue weighted by Crippen LogP contribution is -2.18. The van der Waals surface area contributed by atoms with Crippen molar-refractivity contribution in [1.82, 2.24) is 9.55 Å². The van der Waals surface area contributed by atoms with Gasteiger partial charge in [0.05, 0.1) is 5.69 Å². The Morgan fingerprint density at radius 1 is 1.43 bits per heavy atom. The summed E-state index contributed by atoms with van der Waals surface area (Å²) < 4.78 is 2.42. The summed E-state index contributed by atoms with van der Waals surface area (Å²) in [6.07, 6.45) is 2.46. The molecular weight excluding hydrogens is 172 g/mol. The van der Waals surface area contributed by atoms with Crippen LogP contribution in [0.5, 0.6) is 0 Å². The zero-order valence-corrected chi connectivity index (χ0v) is 9.67. The fourth-order valence-corrected chi connectivity index (χ4v) is 2.37. The fraction of sp³-hybridized carbons (Fsp3) is 0.750. The number of nitrogens with zero attached hydrogens (tertiary/aromatic N) is 2. The van der Waals surface area contributed by atoms with Crippen molar-refractivity contribution in [3.8, 4) is 0 Å². The molecule has 1 aliphatic rings. The molecule has 0 aliphatic carbocycles. The molecule has 0 saturated carbocycles. The van der Waals surface area contributed by atoms with Crippen LogP contribution in [-0.4, -0.2) is 9.55 Å². The minimum atomic E-state index is 0.559. The van der Waals surface area contributed by atoms with Gasteiger partial charge in [-0.15, -0.1) is 0 Å². The highest BCUT2D eigenvalue weighted by atomic mass is 15.1. The molecule has 2 rings (SSSR count). The Labute approximate surface area is 86.3 Å². The van der Waals surface area contributed by atoms with Gasteiger partial charge >= 0.3 is 0 Å². The van der Waals surface area contributed by atoms with E-state index in [4.69, 9.17) is 4.98 Å². The summed E-state index contributed by atoms with van der Waals surface area (Å²) >= 11 is 0. The lowest BCUT2D eigenvalue weighted by molar-refractivity contribution is 0.389. The highest BCUT2D eigenvalue weighted by Crippen LogP contribution is 2.26. The summed E-state index contributed by atoms with van der Waals surface area (Å²) in [7, 11) is 0. The molecule has 0 amide bonds. The molecule has 1 unspecified atom stereocenters. The largest absolute Gasteiger partial charge is 0.332 e.